The minimum atomic E-state index is 0.618. The molecule has 4 nitrogen and oxygen atoms in total. The molecule has 0 saturated carbocycles. The number of aromatic nitrogens is 4. The molecule has 0 fully saturated rings. The summed E-state index contributed by atoms with van der Waals surface area (Å²) in [6, 6.07) is 6.21. The Hall–Kier alpha value is -2.10. The smallest absolute Gasteiger partial charge is 0.104 e. The maximum atomic E-state index is 4.30. The number of nitrogens with zero attached hydrogens (tertiary/aromatic N) is 2. The van der Waals surface area contributed by atoms with E-state index in [-0.39, 0.29) is 0 Å². The molecule has 0 aliphatic carbocycles. The fourth-order valence-corrected chi connectivity index (χ4v) is 2.01. The predicted molar refractivity (Wildman–Crippen MR) is 82.9 cm³/mol. The van der Waals surface area contributed by atoms with Crippen LogP contribution < -0.4 is 0 Å². The van der Waals surface area contributed by atoms with Gasteiger partial charge in [-0.2, -0.15) is 0 Å². The fourth-order valence-electron chi connectivity index (χ4n) is 2.01. The Morgan fingerprint density at radius 3 is 2.70 bits per heavy atom. The van der Waals surface area contributed by atoms with Crippen molar-refractivity contribution in [3.05, 3.63) is 47.8 Å². The van der Waals surface area contributed by atoms with E-state index >= 15 is 0 Å². The van der Waals surface area contributed by atoms with E-state index in [1.54, 1.807) is 6.33 Å². The summed E-state index contributed by atoms with van der Waals surface area (Å²) < 4.78 is 0. The van der Waals surface area contributed by atoms with Gasteiger partial charge in [-0.3, -0.25) is 0 Å². The highest BCUT2D eigenvalue weighted by atomic mass is 14.9. The number of benzene rings is 1. The number of hydrogen-bond acceptors (Lipinski definition) is 2. The monoisotopic (exact) mass is 270 g/mol. The Balaban J connectivity index is 0.000000151. The number of hydrogen-bond donors (Lipinski definition) is 2. The van der Waals surface area contributed by atoms with E-state index in [2.05, 4.69) is 52.8 Å². The summed E-state index contributed by atoms with van der Waals surface area (Å²) >= 11 is 0. The third-order valence-electron chi connectivity index (χ3n) is 3.42. The lowest BCUT2D eigenvalue weighted by atomic mass is 10.1. The number of H-pyrrole nitrogens is 2. The molecular weight excluding hydrogens is 248 g/mol. The molecule has 0 amide bonds. The van der Waals surface area contributed by atoms with Crippen LogP contribution in [-0.4, -0.2) is 19.9 Å². The molecule has 0 aliphatic rings. The second-order valence-electron chi connectivity index (χ2n) is 5.16. The average Bonchev–Trinajstić information content (AvgIpc) is 3.06. The number of fused-ring (bicyclic) bond motifs is 1. The van der Waals surface area contributed by atoms with E-state index in [1.165, 1.54) is 17.7 Å². The Bertz CT molecular complexity index is 652. The first-order valence-corrected chi connectivity index (χ1v) is 7.01. The van der Waals surface area contributed by atoms with Crippen molar-refractivity contribution in [1.29, 1.82) is 0 Å². The highest BCUT2D eigenvalue weighted by molar-refractivity contribution is 5.75. The van der Waals surface area contributed by atoms with E-state index in [0.29, 0.717) is 5.92 Å². The molecule has 0 aliphatic heterocycles. The molecule has 4 heteroatoms. The summed E-state index contributed by atoms with van der Waals surface area (Å²) in [5.74, 6) is 1.60. The van der Waals surface area contributed by atoms with Gasteiger partial charge in [0.25, 0.3) is 0 Å². The van der Waals surface area contributed by atoms with Crippen molar-refractivity contribution in [1.82, 2.24) is 19.9 Å². The maximum absolute atomic E-state index is 4.30. The molecule has 3 aromatic rings. The second kappa shape index (κ2) is 6.37. The van der Waals surface area contributed by atoms with Crippen LogP contribution in [0.25, 0.3) is 11.0 Å². The molecule has 2 N–H and O–H groups in total. The minimum Gasteiger partial charge on any atom is -0.348 e. The van der Waals surface area contributed by atoms with Crippen molar-refractivity contribution in [2.24, 2.45) is 0 Å². The molecule has 0 saturated heterocycles. The Morgan fingerprint density at radius 1 is 1.25 bits per heavy atom. The topological polar surface area (TPSA) is 57.4 Å². The van der Waals surface area contributed by atoms with E-state index in [4.69, 9.17) is 0 Å². The molecule has 1 aromatic carbocycles. The normalized spacial score (nSPS) is 12.0. The van der Waals surface area contributed by atoms with Gasteiger partial charge in [0.2, 0.25) is 0 Å². The molecule has 0 radical (unpaired) electrons. The van der Waals surface area contributed by atoms with Gasteiger partial charge in [-0.15, -0.1) is 0 Å². The quantitative estimate of drug-likeness (QED) is 0.736. The molecule has 3 rings (SSSR count). The second-order valence-corrected chi connectivity index (χ2v) is 5.16. The maximum Gasteiger partial charge on any atom is 0.104 e. The Morgan fingerprint density at radius 2 is 2.05 bits per heavy atom. The molecule has 2 heterocycles. The van der Waals surface area contributed by atoms with Crippen LogP contribution in [0.3, 0.4) is 0 Å². The van der Waals surface area contributed by atoms with Crippen LogP contribution in [0, 0.1) is 13.8 Å². The first kappa shape index (κ1) is 14.3. The highest BCUT2D eigenvalue weighted by Gasteiger charge is 2.01. The molecule has 20 heavy (non-hydrogen) atoms. The fraction of sp³-hybridized carbons (Fsp3) is 0.375. The molecule has 0 bridgehead atoms. The molecule has 1 unspecified atom stereocenters. The number of rotatable bonds is 2. The Kier molecular flexibility index (Phi) is 4.56. The summed E-state index contributed by atoms with van der Waals surface area (Å²) in [5.41, 5.74) is 4.68. The van der Waals surface area contributed by atoms with Crippen LogP contribution in [0.4, 0.5) is 0 Å². The minimum absolute atomic E-state index is 0.618. The number of imidazole rings is 2. The zero-order chi connectivity index (χ0) is 14.5. The van der Waals surface area contributed by atoms with Crippen LogP contribution in [0.15, 0.2) is 30.7 Å². The van der Waals surface area contributed by atoms with Gasteiger partial charge in [-0.05, 0) is 43.9 Å². The van der Waals surface area contributed by atoms with Crippen molar-refractivity contribution < 1.29 is 0 Å². The number of aromatic amines is 2. The van der Waals surface area contributed by atoms with Gasteiger partial charge < -0.3 is 9.97 Å². The van der Waals surface area contributed by atoms with Crippen molar-refractivity contribution in [2.45, 2.75) is 40.0 Å². The lowest BCUT2D eigenvalue weighted by molar-refractivity contribution is 0.713. The summed E-state index contributed by atoms with van der Waals surface area (Å²) in [6.07, 6.45) is 4.78. The largest absolute Gasteiger partial charge is 0.348 e. The molecule has 1 atom stereocenters. The van der Waals surface area contributed by atoms with Gasteiger partial charge in [0.1, 0.15) is 5.82 Å². The standard InChI is InChI=1S/C9H10N2.C7H12N2/c1-6-3-4-8-9(5-6)11-7(2)10-8;1-3-6(2)7-4-8-5-9-7/h3-5H,1-2H3,(H,10,11);4-6H,3H2,1-2H3,(H,8,9). The van der Waals surface area contributed by atoms with Crippen molar-refractivity contribution in [3.63, 3.8) is 0 Å². The zero-order valence-corrected chi connectivity index (χ0v) is 12.6. The van der Waals surface area contributed by atoms with Gasteiger partial charge in [-0.1, -0.05) is 19.9 Å². The van der Waals surface area contributed by atoms with Gasteiger partial charge >= 0.3 is 0 Å². The van der Waals surface area contributed by atoms with Gasteiger partial charge in [0, 0.05) is 11.9 Å². The number of nitrogens with one attached hydrogen (secondary N) is 2. The van der Waals surface area contributed by atoms with Crippen molar-refractivity contribution in [2.75, 3.05) is 0 Å². The van der Waals surface area contributed by atoms with Crippen LogP contribution >= 0.6 is 0 Å². The predicted octanol–water partition coefficient (Wildman–Crippen LogP) is 4.10. The SMILES string of the molecule is CCC(C)c1cnc[nH]1.Cc1ccc2nc(C)[nH]c2c1. The lowest BCUT2D eigenvalue weighted by Crippen LogP contribution is -1.89. The molecular formula is C16H22N4. The third-order valence-corrected chi connectivity index (χ3v) is 3.42. The van der Waals surface area contributed by atoms with Crippen LogP contribution in [0.2, 0.25) is 0 Å². The first-order valence-electron chi connectivity index (χ1n) is 7.01. The summed E-state index contributed by atoms with van der Waals surface area (Å²) in [6.45, 7) is 8.41. The molecule has 106 valence electrons. The van der Waals surface area contributed by atoms with E-state index < -0.39 is 0 Å². The summed E-state index contributed by atoms with van der Waals surface area (Å²) in [4.78, 5) is 14.5. The Labute approximate surface area is 119 Å². The first-order chi connectivity index (χ1) is 9.60. The van der Waals surface area contributed by atoms with E-state index in [9.17, 15) is 0 Å². The lowest BCUT2D eigenvalue weighted by Gasteiger charge is -2.02. The summed E-state index contributed by atoms with van der Waals surface area (Å²) in [5, 5.41) is 0. The van der Waals surface area contributed by atoms with Gasteiger partial charge in [-0.25, -0.2) is 9.97 Å². The highest BCUT2D eigenvalue weighted by Crippen LogP contribution is 2.13. The van der Waals surface area contributed by atoms with Gasteiger partial charge in [0.05, 0.1) is 17.4 Å². The van der Waals surface area contributed by atoms with E-state index in [0.717, 1.165) is 16.9 Å². The zero-order valence-electron chi connectivity index (χ0n) is 12.6. The van der Waals surface area contributed by atoms with Gasteiger partial charge in [0.15, 0.2) is 0 Å². The van der Waals surface area contributed by atoms with Crippen molar-refractivity contribution >= 4 is 11.0 Å². The summed E-state index contributed by atoms with van der Waals surface area (Å²) in [7, 11) is 0. The third kappa shape index (κ3) is 3.47. The average molecular weight is 270 g/mol. The number of aryl methyl sites for hydroxylation is 2. The molecule has 2 aromatic heterocycles. The van der Waals surface area contributed by atoms with Crippen LogP contribution in [0.5, 0.6) is 0 Å². The van der Waals surface area contributed by atoms with Crippen molar-refractivity contribution in [3.8, 4) is 0 Å². The van der Waals surface area contributed by atoms with E-state index in [1.807, 2.05) is 19.2 Å². The molecule has 0 spiro atoms. The van der Waals surface area contributed by atoms with Crippen LogP contribution in [0.1, 0.15) is 43.3 Å². The van der Waals surface area contributed by atoms with Crippen LogP contribution in [-0.2, 0) is 0 Å².